The SMILES string of the molecule is Cn1ccnc1-c1ccc(C2(NC(=O)C3(C(N)=O)CC3)CC2)nc1. The Morgan fingerprint density at radius 2 is 1.96 bits per heavy atom. The number of primary amides is 1. The van der Waals surface area contributed by atoms with Crippen LogP contribution in [0.5, 0.6) is 0 Å². The molecule has 2 amide bonds. The van der Waals surface area contributed by atoms with Crippen LogP contribution >= 0.6 is 0 Å². The minimum absolute atomic E-state index is 0.262. The molecule has 0 unspecified atom stereocenters. The molecule has 3 N–H and O–H groups in total. The molecule has 0 atom stereocenters. The largest absolute Gasteiger partial charge is 0.369 e. The molecule has 2 aromatic heterocycles. The number of nitrogens with one attached hydrogen (secondary N) is 1. The zero-order valence-electron chi connectivity index (χ0n) is 13.5. The van der Waals surface area contributed by atoms with E-state index in [0.29, 0.717) is 12.8 Å². The number of nitrogens with zero attached hydrogens (tertiary/aromatic N) is 3. The monoisotopic (exact) mass is 325 g/mol. The van der Waals surface area contributed by atoms with Crippen molar-refractivity contribution in [3.05, 3.63) is 36.4 Å². The lowest BCUT2D eigenvalue weighted by Gasteiger charge is -2.20. The molecule has 0 aliphatic heterocycles. The molecule has 0 spiro atoms. The summed E-state index contributed by atoms with van der Waals surface area (Å²) in [6.45, 7) is 0. The number of amides is 2. The van der Waals surface area contributed by atoms with Crippen LogP contribution in [0.2, 0.25) is 0 Å². The number of imidazole rings is 1. The second-order valence-electron chi connectivity index (χ2n) is 6.78. The Bertz CT molecular complexity index is 816. The normalized spacial score (nSPS) is 19.5. The van der Waals surface area contributed by atoms with Gasteiger partial charge in [0.2, 0.25) is 11.8 Å². The topological polar surface area (TPSA) is 103 Å². The van der Waals surface area contributed by atoms with Crippen LogP contribution in [0.1, 0.15) is 31.4 Å². The third kappa shape index (κ3) is 2.19. The zero-order valence-corrected chi connectivity index (χ0v) is 13.5. The maximum atomic E-state index is 12.4. The lowest BCUT2D eigenvalue weighted by Crippen LogP contribution is -2.45. The number of carbonyl (C=O) groups excluding carboxylic acids is 2. The number of rotatable bonds is 5. The van der Waals surface area contributed by atoms with E-state index in [0.717, 1.165) is 29.9 Å². The number of aromatic nitrogens is 3. The molecule has 124 valence electrons. The molecule has 2 saturated carbocycles. The van der Waals surface area contributed by atoms with Crippen molar-refractivity contribution < 1.29 is 9.59 Å². The molecular weight excluding hydrogens is 306 g/mol. The van der Waals surface area contributed by atoms with Crippen LogP contribution in [-0.2, 0) is 22.2 Å². The van der Waals surface area contributed by atoms with Crippen molar-refractivity contribution in [1.29, 1.82) is 0 Å². The highest BCUT2D eigenvalue weighted by molar-refractivity contribution is 6.07. The van der Waals surface area contributed by atoms with Crippen molar-refractivity contribution in [3.8, 4) is 11.4 Å². The van der Waals surface area contributed by atoms with E-state index in [1.807, 2.05) is 29.9 Å². The van der Waals surface area contributed by atoms with Crippen LogP contribution in [0, 0.1) is 5.41 Å². The molecule has 2 aromatic rings. The molecular formula is C17H19N5O2. The van der Waals surface area contributed by atoms with Gasteiger partial charge in [-0.1, -0.05) is 0 Å². The Kier molecular flexibility index (Phi) is 3.03. The van der Waals surface area contributed by atoms with E-state index in [2.05, 4.69) is 15.3 Å². The van der Waals surface area contributed by atoms with E-state index < -0.39 is 16.9 Å². The number of nitrogens with two attached hydrogens (primary N) is 1. The first-order valence-corrected chi connectivity index (χ1v) is 8.04. The average Bonchev–Trinajstić information content (AvgIpc) is 3.47. The molecule has 7 nitrogen and oxygen atoms in total. The van der Waals surface area contributed by atoms with Gasteiger partial charge in [0.25, 0.3) is 0 Å². The van der Waals surface area contributed by atoms with E-state index in [1.54, 1.807) is 12.4 Å². The highest BCUT2D eigenvalue weighted by atomic mass is 16.2. The summed E-state index contributed by atoms with van der Waals surface area (Å²) in [4.78, 5) is 32.8. The first-order chi connectivity index (χ1) is 11.5. The van der Waals surface area contributed by atoms with Gasteiger partial charge >= 0.3 is 0 Å². The summed E-state index contributed by atoms with van der Waals surface area (Å²) in [5.41, 5.74) is 5.66. The fourth-order valence-electron chi connectivity index (χ4n) is 3.07. The van der Waals surface area contributed by atoms with Crippen molar-refractivity contribution in [2.45, 2.75) is 31.2 Å². The molecule has 4 rings (SSSR count). The summed E-state index contributed by atoms with van der Waals surface area (Å²) in [6, 6.07) is 3.87. The van der Waals surface area contributed by atoms with Gasteiger partial charge in [-0.05, 0) is 37.8 Å². The fourth-order valence-corrected chi connectivity index (χ4v) is 3.07. The van der Waals surface area contributed by atoms with Gasteiger partial charge in [0, 0.05) is 31.2 Å². The van der Waals surface area contributed by atoms with E-state index in [-0.39, 0.29) is 5.91 Å². The summed E-state index contributed by atoms with van der Waals surface area (Å²) in [6.07, 6.45) is 8.11. The highest BCUT2D eigenvalue weighted by Crippen LogP contribution is 2.50. The molecule has 2 aliphatic carbocycles. The Balaban J connectivity index is 1.54. The minimum atomic E-state index is -0.998. The van der Waals surface area contributed by atoms with Crippen LogP contribution in [0.3, 0.4) is 0 Å². The molecule has 24 heavy (non-hydrogen) atoms. The first-order valence-electron chi connectivity index (χ1n) is 8.04. The van der Waals surface area contributed by atoms with Gasteiger partial charge in [-0.25, -0.2) is 4.98 Å². The Hall–Kier alpha value is -2.70. The summed E-state index contributed by atoms with van der Waals surface area (Å²) in [5, 5.41) is 3.01. The quantitative estimate of drug-likeness (QED) is 0.796. The van der Waals surface area contributed by atoms with E-state index in [4.69, 9.17) is 5.73 Å². The summed E-state index contributed by atoms with van der Waals surface area (Å²) >= 11 is 0. The van der Waals surface area contributed by atoms with Gasteiger partial charge in [-0.15, -0.1) is 0 Å². The summed E-state index contributed by atoms with van der Waals surface area (Å²) in [7, 11) is 1.93. The number of carbonyl (C=O) groups is 2. The zero-order chi connectivity index (χ0) is 16.9. The maximum absolute atomic E-state index is 12.4. The average molecular weight is 325 g/mol. The Morgan fingerprint density at radius 1 is 1.21 bits per heavy atom. The van der Waals surface area contributed by atoms with Crippen molar-refractivity contribution in [2.75, 3.05) is 0 Å². The predicted octanol–water partition coefficient (Wildman–Crippen LogP) is 0.853. The van der Waals surface area contributed by atoms with E-state index in [9.17, 15) is 9.59 Å². The number of aryl methyl sites for hydroxylation is 1. The third-order valence-corrected chi connectivity index (χ3v) is 5.09. The lowest BCUT2D eigenvalue weighted by molar-refractivity contribution is -0.136. The van der Waals surface area contributed by atoms with Crippen molar-refractivity contribution >= 4 is 11.8 Å². The highest BCUT2D eigenvalue weighted by Gasteiger charge is 2.59. The standard InChI is InChI=1S/C17H19N5O2/c1-22-9-8-19-13(22)11-2-3-12(20-10-11)17(6-7-17)21-15(24)16(4-5-16)14(18)23/h2-3,8-10H,4-7H2,1H3,(H2,18,23)(H,21,24). The lowest BCUT2D eigenvalue weighted by atomic mass is 10.0. The van der Waals surface area contributed by atoms with Crippen molar-refractivity contribution in [2.24, 2.45) is 18.2 Å². The fraction of sp³-hybridized carbons (Fsp3) is 0.412. The van der Waals surface area contributed by atoms with Crippen molar-refractivity contribution in [1.82, 2.24) is 19.9 Å². The minimum Gasteiger partial charge on any atom is -0.369 e. The smallest absolute Gasteiger partial charge is 0.236 e. The maximum Gasteiger partial charge on any atom is 0.236 e. The summed E-state index contributed by atoms with van der Waals surface area (Å²) in [5.74, 6) is 0.0463. The van der Waals surface area contributed by atoms with Crippen LogP contribution in [0.25, 0.3) is 11.4 Å². The van der Waals surface area contributed by atoms with E-state index >= 15 is 0 Å². The first kappa shape index (κ1) is 14.9. The molecule has 0 aromatic carbocycles. The molecule has 2 aliphatic rings. The summed E-state index contributed by atoms with van der Waals surface area (Å²) < 4.78 is 1.93. The van der Waals surface area contributed by atoms with Crippen molar-refractivity contribution in [3.63, 3.8) is 0 Å². The molecule has 7 heteroatoms. The number of hydrogen-bond acceptors (Lipinski definition) is 4. The number of hydrogen-bond donors (Lipinski definition) is 2. The van der Waals surface area contributed by atoms with Gasteiger partial charge in [0.05, 0.1) is 11.2 Å². The molecule has 0 radical (unpaired) electrons. The second kappa shape index (κ2) is 4.90. The van der Waals surface area contributed by atoms with Gasteiger partial charge in [0.15, 0.2) is 0 Å². The third-order valence-electron chi connectivity index (χ3n) is 5.09. The van der Waals surface area contributed by atoms with Crippen LogP contribution < -0.4 is 11.1 Å². The molecule has 0 bridgehead atoms. The van der Waals surface area contributed by atoms with E-state index in [1.165, 1.54) is 0 Å². The van der Waals surface area contributed by atoms with Crippen LogP contribution in [-0.4, -0.2) is 26.3 Å². The molecule has 2 heterocycles. The van der Waals surface area contributed by atoms with Crippen LogP contribution in [0.4, 0.5) is 0 Å². The Morgan fingerprint density at radius 3 is 2.42 bits per heavy atom. The van der Waals surface area contributed by atoms with Gasteiger partial charge in [-0.3, -0.25) is 14.6 Å². The van der Waals surface area contributed by atoms with Gasteiger partial charge in [0.1, 0.15) is 11.2 Å². The number of pyridine rings is 1. The van der Waals surface area contributed by atoms with Gasteiger partial charge < -0.3 is 15.6 Å². The van der Waals surface area contributed by atoms with Crippen LogP contribution in [0.15, 0.2) is 30.7 Å². The predicted molar refractivity (Wildman–Crippen MR) is 86.4 cm³/mol. The molecule has 2 fully saturated rings. The Labute approximate surface area is 139 Å². The second-order valence-corrected chi connectivity index (χ2v) is 6.78. The van der Waals surface area contributed by atoms with Gasteiger partial charge in [-0.2, -0.15) is 0 Å². The molecule has 0 saturated heterocycles.